The summed E-state index contributed by atoms with van der Waals surface area (Å²) >= 11 is 0. The summed E-state index contributed by atoms with van der Waals surface area (Å²) in [4.78, 5) is 36.4. The summed E-state index contributed by atoms with van der Waals surface area (Å²) < 4.78 is 1.19. The van der Waals surface area contributed by atoms with Gasteiger partial charge in [-0.1, -0.05) is 17.7 Å². The predicted octanol–water partition coefficient (Wildman–Crippen LogP) is 3.93. The van der Waals surface area contributed by atoms with Crippen LogP contribution in [-0.4, -0.2) is 21.5 Å². The van der Waals surface area contributed by atoms with E-state index in [1.54, 1.807) is 37.3 Å². The smallest absolute Gasteiger partial charge is 0.267 e. The van der Waals surface area contributed by atoms with E-state index in [1.165, 1.54) is 17.7 Å². The van der Waals surface area contributed by atoms with Gasteiger partial charge in [-0.15, -0.1) is 0 Å². The molecular formula is C23H23N3O3. The molecule has 148 valence electrons. The molecule has 3 rings (SSSR count). The Balaban J connectivity index is 1.87. The molecule has 0 unspecified atom stereocenters. The number of carbonyl (C=O) groups excluding carboxylic acids is 2. The fraction of sp³-hybridized carbons (Fsp3) is 0.217. The van der Waals surface area contributed by atoms with Crippen molar-refractivity contribution in [2.45, 2.75) is 33.7 Å². The molecule has 3 aromatic rings. The lowest BCUT2D eigenvalue weighted by Crippen LogP contribution is -2.33. The van der Waals surface area contributed by atoms with Gasteiger partial charge in [0.25, 0.3) is 5.56 Å². The number of ketones is 1. The lowest BCUT2D eigenvalue weighted by Gasteiger charge is -2.16. The molecule has 0 aliphatic rings. The Morgan fingerprint density at radius 3 is 2.34 bits per heavy atom. The second-order valence-corrected chi connectivity index (χ2v) is 7.12. The fourth-order valence-electron chi connectivity index (χ4n) is 3.00. The van der Waals surface area contributed by atoms with Crippen LogP contribution in [0, 0.1) is 13.8 Å². The molecule has 1 amide bonds. The highest BCUT2D eigenvalue weighted by Crippen LogP contribution is 2.22. The minimum absolute atomic E-state index is 0.0461. The highest BCUT2D eigenvalue weighted by atomic mass is 16.2. The zero-order valence-electron chi connectivity index (χ0n) is 16.9. The Morgan fingerprint density at radius 2 is 1.69 bits per heavy atom. The maximum Gasteiger partial charge on any atom is 0.267 e. The van der Waals surface area contributed by atoms with Crippen molar-refractivity contribution >= 4 is 17.4 Å². The van der Waals surface area contributed by atoms with Gasteiger partial charge in [0.1, 0.15) is 6.04 Å². The zero-order chi connectivity index (χ0) is 21.1. The number of rotatable bonds is 5. The molecule has 1 heterocycles. The van der Waals surface area contributed by atoms with Crippen molar-refractivity contribution in [1.29, 1.82) is 0 Å². The molecule has 0 saturated heterocycles. The first kappa shape index (κ1) is 20.2. The molecule has 2 aromatic carbocycles. The van der Waals surface area contributed by atoms with E-state index in [1.807, 2.05) is 32.0 Å². The van der Waals surface area contributed by atoms with E-state index in [4.69, 9.17) is 0 Å². The lowest BCUT2D eigenvalue weighted by atomic mass is 10.0. The summed E-state index contributed by atoms with van der Waals surface area (Å²) in [6.45, 7) is 7.08. The maximum atomic E-state index is 12.7. The number of hydrogen-bond acceptors (Lipinski definition) is 4. The van der Waals surface area contributed by atoms with Gasteiger partial charge in [0, 0.05) is 22.9 Å². The van der Waals surface area contributed by atoms with Gasteiger partial charge in [-0.3, -0.25) is 14.4 Å². The van der Waals surface area contributed by atoms with Crippen LogP contribution in [0.3, 0.4) is 0 Å². The third-order valence-electron chi connectivity index (χ3n) is 4.80. The number of nitrogens with one attached hydrogen (secondary N) is 1. The quantitative estimate of drug-likeness (QED) is 0.671. The molecule has 0 aliphatic carbocycles. The Kier molecular flexibility index (Phi) is 5.73. The predicted molar refractivity (Wildman–Crippen MR) is 113 cm³/mol. The number of nitrogens with zero attached hydrogens (tertiary/aromatic N) is 2. The lowest BCUT2D eigenvalue weighted by molar-refractivity contribution is -0.119. The number of aryl methyl sites for hydroxylation is 2. The van der Waals surface area contributed by atoms with Gasteiger partial charge in [0.15, 0.2) is 5.78 Å². The largest absolute Gasteiger partial charge is 0.324 e. The highest BCUT2D eigenvalue weighted by molar-refractivity contribution is 5.96. The van der Waals surface area contributed by atoms with Crippen LogP contribution >= 0.6 is 0 Å². The van der Waals surface area contributed by atoms with Gasteiger partial charge in [0.05, 0.1) is 5.69 Å². The van der Waals surface area contributed by atoms with Crippen LogP contribution in [-0.2, 0) is 4.79 Å². The van der Waals surface area contributed by atoms with Gasteiger partial charge < -0.3 is 5.32 Å². The van der Waals surface area contributed by atoms with E-state index in [-0.39, 0.29) is 17.2 Å². The van der Waals surface area contributed by atoms with E-state index >= 15 is 0 Å². The number of aromatic nitrogens is 2. The van der Waals surface area contributed by atoms with Crippen LogP contribution in [0.5, 0.6) is 0 Å². The van der Waals surface area contributed by atoms with Gasteiger partial charge in [-0.05, 0) is 69.7 Å². The normalized spacial score (nSPS) is 11.7. The summed E-state index contributed by atoms with van der Waals surface area (Å²) in [7, 11) is 0. The molecule has 29 heavy (non-hydrogen) atoms. The van der Waals surface area contributed by atoms with Crippen molar-refractivity contribution in [3.63, 3.8) is 0 Å². The van der Waals surface area contributed by atoms with Crippen LogP contribution in [0.15, 0.2) is 59.4 Å². The average Bonchev–Trinajstić information content (AvgIpc) is 2.70. The maximum absolute atomic E-state index is 12.7. The van der Waals surface area contributed by atoms with E-state index in [9.17, 15) is 14.4 Å². The number of benzene rings is 2. The first-order valence-corrected chi connectivity index (χ1v) is 9.35. The molecule has 6 nitrogen and oxygen atoms in total. The molecule has 0 bridgehead atoms. The van der Waals surface area contributed by atoms with Gasteiger partial charge >= 0.3 is 0 Å². The van der Waals surface area contributed by atoms with Gasteiger partial charge in [-0.25, -0.2) is 4.68 Å². The number of hydrogen-bond donors (Lipinski definition) is 1. The third kappa shape index (κ3) is 4.48. The van der Waals surface area contributed by atoms with Crippen molar-refractivity contribution < 1.29 is 9.59 Å². The molecule has 6 heteroatoms. The molecule has 0 spiro atoms. The first-order valence-electron chi connectivity index (χ1n) is 9.35. The minimum atomic E-state index is -0.806. The van der Waals surface area contributed by atoms with Crippen LogP contribution in [0.1, 0.15) is 41.4 Å². The Hall–Kier alpha value is -3.54. The summed E-state index contributed by atoms with van der Waals surface area (Å²) in [6, 6.07) is 14.9. The number of anilines is 1. The molecule has 0 saturated carbocycles. The molecule has 0 aliphatic heterocycles. The van der Waals surface area contributed by atoms with Crippen molar-refractivity contribution in [3.8, 4) is 11.3 Å². The summed E-state index contributed by atoms with van der Waals surface area (Å²) in [5, 5.41) is 7.21. The minimum Gasteiger partial charge on any atom is -0.324 e. The summed E-state index contributed by atoms with van der Waals surface area (Å²) in [5.41, 5.74) is 4.44. The zero-order valence-corrected chi connectivity index (χ0v) is 16.9. The topological polar surface area (TPSA) is 81.1 Å². The Morgan fingerprint density at radius 1 is 1.00 bits per heavy atom. The fourth-order valence-corrected chi connectivity index (χ4v) is 3.00. The summed E-state index contributed by atoms with van der Waals surface area (Å²) in [6.07, 6.45) is 0. The van der Waals surface area contributed by atoms with Gasteiger partial charge in [0.2, 0.25) is 5.91 Å². The van der Waals surface area contributed by atoms with Crippen molar-refractivity contribution in [2.24, 2.45) is 0 Å². The van der Waals surface area contributed by atoms with E-state index in [0.717, 1.165) is 16.7 Å². The second kappa shape index (κ2) is 8.22. The van der Waals surface area contributed by atoms with Crippen LogP contribution < -0.4 is 10.9 Å². The number of carbonyl (C=O) groups is 2. The SMILES string of the molecule is CC(=O)c1ccc(NC(=O)[C@@H](C)n2nc(-c3cc(C)ccc3C)ccc2=O)cc1. The molecule has 0 radical (unpaired) electrons. The van der Waals surface area contributed by atoms with Crippen LogP contribution in [0.25, 0.3) is 11.3 Å². The average molecular weight is 389 g/mol. The number of Topliss-reactive ketones (excluding diaryl/α,β-unsaturated/α-hetero) is 1. The highest BCUT2D eigenvalue weighted by Gasteiger charge is 2.19. The molecule has 1 N–H and O–H groups in total. The van der Waals surface area contributed by atoms with Crippen molar-refractivity contribution in [1.82, 2.24) is 9.78 Å². The molecule has 0 fully saturated rings. The Bertz CT molecular complexity index is 1130. The molecular weight excluding hydrogens is 366 g/mol. The van der Waals surface area contributed by atoms with Crippen LogP contribution in [0.4, 0.5) is 5.69 Å². The van der Waals surface area contributed by atoms with Gasteiger partial charge in [-0.2, -0.15) is 5.10 Å². The van der Waals surface area contributed by atoms with E-state index < -0.39 is 6.04 Å². The number of amides is 1. The molecule has 1 aromatic heterocycles. The first-order chi connectivity index (χ1) is 13.8. The van der Waals surface area contributed by atoms with Crippen LogP contribution in [0.2, 0.25) is 0 Å². The monoisotopic (exact) mass is 389 g/mol. The van der Waals surface area contributed by atoms with Crippen molar-refractivity contribution in [2.75, 3.05) is 5.32 Å². The second-order valence-electron chi connectivity index (χ2n) is 7.12. The van der Waals surface area contributed by atoms with Crippen molar-refractivity contribution in [3.05, 3.63) is 81.6 Å². The third-order valence-corrected chi connectivity index (χ3v) is 4.80. The van der Waals surface area contributed by atoms with E-state index in [2.05, 4.69) is 10.4 Å². The summed E-state index contributed by atoms with van der Waals surface area (Å²) in [5.74, 6) is -0.413. The van der Waals surface area contributed by atoms with E-state index in [0.29, 0.717) is 16.9 Å². The molecule has 1 atom stereocenters. The Labute approximate surface area is 169 Å². The standard InChI is InChI=1S/C23H23N3O3/c1-14-5-6-15(2)20(13-14)21-11-12-22(28)26(25-21)16(3)23(29)24-19-9-7-18(8-10-19)17(4)27/h5-13,16H,1-4H3,(H,24,29)/t16-/m1/s1.